The molecular weight excluding hydrogens is 945 g/mol. The molecule has 12 nitrogen and oxygen atoms in total. The normalized spacial score (nSPS) is 12.9. The first-order chi connectivity index (χ1) is 35.7. The van der Waals surface area contributed by atoms with Crippen molar-refractivity contribution in [3.05, 3.63) is 118 Å². The second-order valence-corrected chi connectivity index (χ2v) is 23.9. The zero-order chi connectivity index (χ0) is 55.1. The van der Waals surface area contributed by atoms with Gasteiger partial charge in [-0.15, -0.1) is 0 Å². The van der Waals surface area contributed by atoms with Gasteiger partial charge in [-0.25, -0.2) is 9.97 Å². The van der Waals surface area contributed by atoms with Crippen LogP contribution in [-0.2, 0) is 0 Å². The van der Waals surface area contributed by atoms with Crippen LogP contribution in [0, 0.1) is 27.7 Å². The molecule has 8 bridgehead atoms. The molecule has 2 aliphatic rings. The molecule has 2 aliphatic heterocycles. The van der Waals surface area contributed by atoms with Crippen LogP contribution >= 0.6 is 0 Å². The lowest BCUT2D eigenvalue weighted by Gasteiger charge is -2.26. The molecule has 0 radical (unpaired) electrons. The summed E-state index contributed by atoms with van der Waals surface area (Å²) < 4.78 is 28.0. The van der Waals surface area contributed by atoms with Gasteiger partial charge in [0.25, 0.3) is 0 Å². The summed E-state index contributed by atoms with van der Waals surface area (Å²) in [5.41, 5.74) is 22.9. The Bertz CT molecular complexity index is 3620. The summed E-state index contributed by atoms with van der Waals surface area (Å²) in [6.07, 6.45) is 8.54. The Labute approximate surface area is 450 Å². The van der Waals surface area contributed by atoms with Gasteiger partial charge >= 0.3 is 0 Å². The summed E-state index contributed by atoms with van der Waals surface area (Å²) in [6, 6.07) is 26.3. The third-order valence-corrected chi connectivity index (χ3v) is 14.9. The maximum Gasteiger partial charge on any atom is 0.139 e. The summed E-state index contributed by atoms with van der Waals surface area (Å²) in [5.74, 6) is 2.82. The maximum atomic E-state index is 6.39. The largest absolute Gasteiger partial charge is 0.496 e. The quantitative estimate of drug-likeness (QED) is 0.118. The van der Waals surface area contributed by atoms with E-state index in [1.807, 2.05) is 0 Å². The predicted molar refractivity (Wildman–Crippen MR) is 324 cm³/mol. The summed E-state index contributed by atoms with van der Waals surface area (Å²) in [7, 11) is 33.0. The molecule has 4 aromatic carbocycles. The summed E-state index contributed by atoms with van der Waals surface area (Å²) in [6.45, 7) is 8.75. The van der Waals surface area contributed by atoms with Crippen LogP contribution in [0.1, 0.15) is 45.0 Å². The van der Waals surface area contributed by atoms with Gasteiger partial charge in [-0.1, -0.05) is 0 Å². The number of nitrogens with one attached hydrogen (secondary N) is 2. The minimum absolute atomic E-state index is 0.555. The van der Waals surface area contributed by atoms with Gasteiger partial charge in [0.05, 0.1) is 141 Å². The van der Waals surface area contributed by atoms with Crippen molar-refractivity contribution < 1.29 is 18.9 Å². The van der Waals surface area contributed by atoms with E-state index in [1.165, 1.54) is 5.69 Å². The van der Waals surface area contributed by atoms with Crippen molar-refractivity contribution in [1.29, 1.82) is 0 Å². The third kappa shape index (κ3) is 9.59. The highest BCUT2D eigenvalue weighted by atomic mass is 16.5. The van der Waals surface area contributed by atoms with Crippen molar-refractivity contribution >= 4 is 69.1 Å². The number of aromatic nitrogens is 4. The van der Waals surface area contributed by atoms with E-state index in [4.69, 9.17) is 28.9 Å². The molecule has 0 saturated heterocycles. The van der Waals surface area contributed by atoms with Gasteiger partial charge in [-0.3, -0.25) is 17.9 Å². The number of quaternary nitrogens is 4. The van der Waals surface area contributed by atoms with Crippen molar-refractivity contribution in [2.24, 2.45) is 0 Å². The minimum atomic E-state index is 0.555. The smallest absolute Gasteiger partial charge is 0.139 e. The molecule has 0 amide bonds. The molecule has 0 unspecified atom stereocenters. The lowest BCUT2D eigenvalue weighted by atomic mass is 9.93. The monoisotopic (exact) mass is 1020 g/mol. The van der Waals surface area contributed by atoms with Crippen LogP contribution < -0.4 is 36.9 Å². The van der Waals surface area contributed by atoms with Crippen LogP contribution in [0.2, 0.25) is 0 Å². The number of H-pyrrole nitrogens is 2. The molecule has 7 aromatic rings. The Kier molecular flexibility index (Phi) is 13.5. The van der Waals surface area contributed by atoms with Gasteiger partial charge in [0, 0.05) is 104 Å². The fourth-order valence-corrected chi connectivity index (χ4v) is 10.7. The Hall–Kier alpha value is -7.48. The number of nitrogens with zero attached hydrogens (tertiary/aromatic N) is 6. The van der Waals surface area contributed by atoms with E-state index >= 15 is 0 Å². The van der Waals surface area contributed by atoms with Crippen LogP contribution in [0.15, 0.2) is 72.8 Å². The number of hydrogen-bond acceptors (Lipinski definition) is 6. The Morgan fingerprint density at radius 2 is 0.526 bits per heavy atom. The molecule has 9 rings (SSSR count). The second-order valence-electron chi connectivity index (χ2n) is 23.9. The number of hydrogen-bond donors (Lipinski definition) is 2. The first-order valence-corrected chi connectivity index (χ1v) is 25.9. The number of aryl methyl sites for hydroxylation is 4. The molecule has 0 fully saturated rings. The highest BCUT2D eigenvalue weighted by Crippen LogP contribution is 2.49. The van der Waals surface area contributed by atoms with Crippen LogP contribution in [0.5, 0.6) is 23.0 Å². The van der Waals surface area contributed by atoms with E-state index in [0.717, 1.165) is 140 Å². The molecule has 2 N–H and O–H groups in total. The van der Waals surface area contributed by atoms with Crippen LogP contribution in [0.25, 0.3) is 90.9 Å². The molecule has 12 heteroatoms. The van der Waals surface area contributed by atoms with Gasteiger partial charge in [0.1, 0.15) is 45.7 Å². The summed E-state index contributed by atoms with van der Waals surface area (Å²) in [4.78, 5) is 19.4. The van der Waals surface area contributed by atoms with Crippen LogP contribution in [-0.4, -0.2) is 133 Å². The number of fused-ring (bicyclic) bond motifs is 8. The SMILES string of the molecule is COc1cc([N+](C)(C)C)cc(C)c1-c1c2nc(c(-c3c(OC)cc([N+](C)(C)C)cc3OC)c3ccc([nH]3)c(-c3c(C)cc([N+](C)(C)C)cc3OC)c3nc(c(-c4c(C)cc([N+](C)(C)C)cc4C)c4ccc1[nH]4)C=C3)C=C2. The lowest BCUT2D eigenvalue weighted by molar-refractivity contribution is 0.392. The first-order valence-electron chi connectivity index (χ1n) is 25.9. The minimum Gasteiger partial charge on any atom is -0.496 e. The van der Waals surface area contributed by atoms with E-state index in [-0.39, 0.29) is 0 Å². The van der Waals surface area contributed by atoms with Crippen LogP contribution in [0.3, 0.4) is 0 Å². The number of benzene rings is 4. The Balaban J connectivity index is 1.55. The van der Waals surface area contributed by atoms with Crippen LogP contribution in [0.4, 0.5) is 22.7 Å². The number of rotatable bonds is 12. The number of aromatic amines is 2. The lowest BCUT2D eigenvalue weighted by Crippen LogP contribution is -2.34. The molecular formula is C64H78N8O4+4. The molecule has 0 spiro atoms. The third-order valence-electron chi connectivity index (χ3n) is 14.9. The van der Waals surface area contributed by atoms with E-state index in [2.05, 4.69) is 219 Å². The zero-order valence-corrected chi connectivity index (χ0v) is 48.6. The van der Waals surface area contributed by atoms with Gasteiger partial charge < -0.3 is 28.9 Å². The van der Waals surface area contributed by atoms with Gasteiger partial charge in [-0.2, -0.15) is 0 Å². The summed E-state index contributed by atoms with van der Waals surface area (Å²) >= 11 is 0. The van der Waals surface area contributed by atoms with Gasteiger partial charge in [0.15, 0.2) is 0 Å². The van der Waals surface area contributed by atoms with Gasteiger partial charge in [-0.05, 0) is 104 Å². The van der Waals surface area contributed by atoms with E-state index in [1.54, 1.807) is 28.4 Å². The standard InChI is InChI=1S/C64H78N8O4/c1-37-29-41(69(5,6)7)30-38(2)57(37)60-45-21-23-47(65-45)61(58-39(3)31-42(70(8,9)10)33-53(58)73-17)49-25-27-51(67-49)63(64-55(75-19)35-44(72(14,15)16)36-56(64)76-20)52-28-26-50(68-52)62(48-24-22-46(60)66-48)59-40(4)32-43(71(11,12)13)34-54(59)74-18/h21-36,65,68H,1-20H3/q+4. The van der Waals surface area contributed by atoms with Crippen molar-refractivity contribution in [3.63, 3.8) is 0 Å². The first kappa shape index (κ1) is 53.3. The van der Waals surface area contributed by atoms with Crippen molar-refractivity contribution in [2.45, 2.75) is 27.7 Å². The molecule has 0 aliphatic carbocycles. The summed E-state index contributed by atoms with van der Waals surface area (Å²) in [5, 5.41) is 0. The molecule has 3 aromatic heterocycles. The highest BCUT2D eigenvalue weighted by Gasteiger charge is 2.30. The molecule has 0 saturated carbocycles. The Morgan fingerprint density at radius 1 is 0.303 bits per heavy atom. The molecule has 76 heavy (non-hydrogen) atoms. The number of ether oxygens (including phenoxy) is 4. The average molecular weight is 1020 g/mol. The van der Waals surface area contributed by atoms with Crippen molar-refractivity contribution in [3.8, 4) is 67.5 Å². The van der Waals surface area contributed by atoms with E-state index < -0.39 is 0 Å². The van der Waals surface area contributed by atoms with E-state index in [0.29, 0.717) is 29.4 Å². The Morgan fingerprint density at radius 3 is 0.803 bits per heavy atom. The van der Waals surface area contributed by atoms with Crippen molar-refractivity contribution in [2.75, 3.05) is 113 Å². The fraction of sp³-hybridized carbons (Fsp3) is 0.312. The number of methoxy groups -OCH3 is 4. The zero-order valence-electron chi connectivity index (χ0n) is 48.6. The molecule has 0 atom stereocenters. The topological polar surface area (TPSA) is 94.3 Å². The predicted octanol–water partition coefficient (Wildman–Crippen LogP) is 13.4. The molecule has 5 heterocycles. The van der Waals surface area contributed by atoms with Gasteiger partial charge in [0.2, 0.25) is 0 Å². The highest BCUT2D eigenvalue weighted by molar-refractivity contribution is 6.03. The van der Waals surface area contributed by atoms with Crippen molar-refractivity contribution in [1.82, 2.24) is 37.9 Å². The maximum absolute atomic E-state index is 6.39. The molecule has 394 valence electrons. The second kappa shape index (κ2) is 19.3. The average Bonchev–Trinajstić information content (AvgIpc) is 4.24. The fourth-order valence-electron chi connectivity index (χ4n) is 10.7. The van der Waals surface area contributed by atoms with E-state index in [9.17, 15) is 0 Å².